The number of esters is 1. The van der Waals surface area contributed by atoms with E-state index < -0.39 is 23.5 Å². The Balaban J connectivity index is 2.15. The highest BCUT2D eigenvalue weighted by Crippen LogP contribution is 2.31. The van der Waals surface area contributed by atoms with Crippen LogP contribution >= 0.6 is 0 Å². The van der Waals surface area contributed by atoms with Crippen molar-refractivity contribution < 1.29 is 27.1 Å². The van der Waals surface area contributed by atoms with Crippen molar-refractivity contribution in [2.45, 2.75) is 6.18 Å². The molecular formula is C16H10F4N2O2. The maximum atomic E-state index is 14.1. The van der Waals surface area contributed by atoms with E-state index in [0.29, 0.717) is 5.39 Å². The van der Waals surface area contributed by atoms with Crippen molar-refractivity contribution in [3.8, 4) is 5.69 Å². The number of benzene rings is 2. The molecule has 0 amide bonds. The van der Waals surface area contributed by atoms with Gasteiger partial charge in [0, 0.05) is 11.5 Å². The molecule has 8 heteroatoms. The molecule has 0 N–H and O–H groups in total. The van der Waals surface area contributed by atoms with Crippen LogP contribution < -0.4 is 0 Å². The number of methoxy groups -OCH3 is 1. The number of carbonyl (C=O) groups is 1. The summed E-state index contributed by atoms with van der Waals surface area (Å²) in [5.74, 6) is -1.69. The topological polar surface area (TPSA) is 44.1 Å². The van der Waals surface area contributed by atoms with Crippen LogP contribution in [0.4, 0.5) is 17.6 Å². The molecule has 0 aliphatic carbocycles. The number of fused-ring (bicyclic) bond motifs is 1. The second-order valence-corrected chi connectivity index (χ2v) is 4.99. The molecule has 3 rings (SSSR count). The first kappa shape index (κ1) is 16.0. The van der Waals surface area contributed by atoms with Gasteiger partial charge in [-0.3, -0.25) is 0 Å². The van der Waals surface area contributed by atoms with E-state index in [-0.39, 0.29) is 16.8 Å². The van der Waals surface area contributed by atoms with Crippen LogP contribution in [0.2, 0.25) is 0 Å². The molecule has 2 aromatic carbocycles. The molecule has 0 fully saturated rings. The van der Waals surface area contributed by atoms with Gasteiger partial charge in [-0.15, -0.1) is 0 Å². The first-order chi connectivity index (χ1) is 11.3. The standard InChI is InChI=1S/C16H10F4N2O2/c1-24-15(23)12-5-9-8-21-22(14(9)7-13(12)17)11-4-2-3-10(6-11)16(18,19)20/h2-8H,1H3. The minimum Gasteiger partial charge on any atom is -0.465 e. The predicted octanol–water partition coefficient (Wildman–Crippen LogP) is 3.97. The van der Waals surface area contributed by atoms with Gasteiger partial charge in [0.1, 0.15) is 5.82 Å². The molecule has 124 valence electrons. The third-order valence-corrected chi connectivity index (χ3v) is 3.48. The van der Waals surface area contributed by atoms with Gasteiger partial charge in [-0.2, -0.15) is 18.3 Å². The van der Waals surface area contributed by atoms with E-state index in [2.05, 4.69) is 9.84 Å². The molecule has 1 aromatic heterocycles. The Morgan fingerprint density at radius 2 is 1.96 bits per heavy atom. The Kier molecular flexibility index (Phi) is 3.75. The van der Waals surface area contributed by atoms with Crippen molar-refractivity contribution in [3.63, 3.8) is 0 Å². The summed E-state index contributed by atoms with van der Waals surface area (Å²) in [7, 11) is 1.12. The van der Waals surface area contributed by atoms with E-state index in [1.165, 1.54) is 29.1 Å². The number of carbonyl (C=O) groups excluding carboxylic acids is 1. The van der Waals surface area contributed by atoms with Gasteiger partial charge in [0.05, 0.1) is 35.6 Å². The highest BCUT2D eigenvalue weighted by Gasteiger charge is 2.30. The predicted molar refractivity (Wildman–Crippen MR) is 77.4 cm³/mol. The van der Waals surface area contributed by atoms with E-state index in [4.69, 9.17) is 0 Å². The summed E-state index contributed by atoms with van der Waals surface area (Å²) in [6, 6.07) is 6.80. The lowest BCUT2D eigenvalue weighted by Crippen LogP contribution is -2.07. The molecule has 3 aromatic rings. The second-order valence-electron chi connectivity index (χ2n) is 4.99. The van der Waals surface area contributed by atoms with Gasteiger partial charge in [-0.25, -0.2) is 13.9 Å². The number of ether oxygens (including phenoxy) is 1. The minimum absolute atomic E-state index is 0.130. The smallest absolute Gasteiger partial charge is 0.416 e. The minimum atomic E-state index is -4.50. The monoisotopic (exact) mass is 338 g/mol. The number of alkyl halides is 3. The Bertz CT molecular complexity index is 931. The van der Waals surface area contributed by atoms with Gasteiger partial charge in [0.15, 0.2) is 0 Å². The quantitative estimate of drug-likeness (QED) is 0.525. The number of halogens is 4. The van der Waals surface area contributed by atoms with Crippen molar-refractivity contribution in [2.24, 2.45) is 0 Å². The summed E-state index contributed by atoms with van der Waals surface area (Å²) in [5.41, 5.74) is -0.742. The zero-order valence-corrected chi connectivity index (χ0v) is 12.3. The van der Waals surface area contributed by atoms with Crippen molar-refractivity contribution in [1.82, 2.24) is 9.78 Å². The van der Waals surface area contributed by atoms with Crippen molar-refractivity contribution in [1.29, 1.82) is 0 Å². The maximum absolute atomic E-state index is 14.1. The van der Waals surface area contributed by atoms with Crippen LogP contribution in [-0.4, -0.2) is 22.9 Å². The molecule has 0 saturated heterocycles. The van der Waals surface area contributed by atoms with Crippen LogP contribution in [0.1, 0.15) is 15.9 Å². The number of hydrogen-bond donors (Lipinski definition) is 0. The zero-order valence-electron chi connectivity index (χ0n) is 12.3. The van der Waals surface area contributed by atoms with Crippen LogP contribution in [0.15, 0.2) is 42.6 Å². The summed E-state index contributed by atoms with van der Waals surface area (Å²) in [4.78, 5) is 11.5. The Morgan fingerprint density at radius 3 is 2.62 bits per heavy atom. The van der Waals surface area contributed by atoms with Crippen LogP contribution in [0, 0.1) is 5.82 Å². The van der Waals surface area contributed by atoms with Gasteiger partial charge in [0.2, 0.25) is 0 Å². The number of nitrogens with zero attached hydrogens (tertiary/aromatic N) is 2. The summed E-state index contributed by atoms with van der Waals surface area (Å²) >= 11 is 0. The molecule has 0 atom stereocenters. The fourth-order valence-electron chi connectivity index (χ4n) is 2.33. The molecule has 4 nitrogen and oxygen atoms in total. The molecule has 0 bridgehead atoms. The molecule has 0 aliphatic heterocycles. The average molecular weight is 338 g/mol. The molecule has 1 heterocycles. The summed E-state index contributed by atoms with van der Waals surface area (Å²) < 4.78 is 58.2. The molecule has 24 heavy (non-hydrogen) atoms. The van der Waals surface area contributed by atoms with Gasteiger partial charge < -0.3 is 4.74 Å². The molecule has 0 spiro atoms. The largest absolute Gasteiger partial charge is 0.465 e. The van der Waals surface area contributed by atoms with Crippen LogP contribution in [0.5, 0.6) is 0 Å². The Morgan fingerprint density at radius 1 is 1.21 bits per heavy atom. The number of hydrogen-bond acceptors (Lipinski definition) is 3. The SMILES string of the molecule is COC(=O)c1cc2cnn(-c3cccc(C(F)(F)F)c3)c2cc1F. The third-order valence-electron chi connectivity index (χ3n) is 3.48. The van der Waals surface area contributed by atoms with E-state index in [0.717, 1.165) is 25.3 Å². The highest BCUT2D eigenvalue weighted by atomic mass is 19.4. The van der Waals surface area contributed by atoms with Gasteiger partial charge in [-0.1, -0.05) is 6.07 Å². The van der Waals surface area contributed by atoms with Crippen molar-refractivity contribution >= 4 is 16.9 Å². The van der Waals surface area contributed by atoms with E-state index in [1.54, 1.807) is 0 Å². The van der Waals surface area contributed by atoms with E-state index in [9.17, 15) is 22.4 Å². The lowest BCUT2D eigenvalue weighted by Gasteiger charge is -2.10. The number of rotatable bonds is 2. The van der Waals surface area contributed by atoms with Crippen LogP contribution in [0.3, 0.4) is 0 Å². The molecule has 0 aliphatic rings. The fraction of sp³-hybridized carbons (Fsp3) is 0.125. The molecule has 0 saturated carbocycles. The van der Waals surface area contributed by atoms with Gasteiger partial charge in [-0.05, 0) is 24.3 Å². The van der Waals surface area contributed by atoms with E-state index >= 15 is 0 Å². The normalized spacial score (nSPS) is 11.7. The van der Waals surface area contributed by atoms with E-state index in [1.807, 2.05) is 0 Å². The maximum Gasteiger partial charge on any atom is 0.416 e. The van der Waals surface area contributed by atoms with Gasteiger partial charge in [0.25, 0.3) is 0 Å². The third kappa shape index (κ3) is 2.70. The molecule has 0 unspecified atom stereocenters. The molecular weight excluding hydrogens is 328 g/mol. The summed E-state index contributed by atoms with van der Waals surface area (Å²) in [5, 5.41) is 4.38. The molecule has 0 radical (unpaired) electrons. The number of aromatic nitrogens is 2. The highest BCUT2D eigenvalue weighted by molar-refractivity contribution is 5.95. The van der Waals surface area contributed by atoms with Gasteiger partial charge >= 0.3 is 12.1 Å². The zero-order chi connectivity index (χ0) is 17.5. The summed E-state index contributed by atoms with van der Waals surface area (Å²) in [6.07, 6.45) is -3.16. The van der Waals surface area contributed by atoms with Crippen molar-refractivity contribution in [3.05, 3.63) is 59.5 Å². The first-order valence-corrected chi connectivity index (χ1v) is 6.74. The Hall–Kier alpha value is -2.90. The first-order valence-electron chi connectivity index (χ1n) is 6.74. The average Bonchev–Trinajstić information content (AvgIpc) is 2.95. The lowest BCUT2D eigenvalue weighted by atomic mass is 10.1. The van der Waals surface area contributed by atoms with Crippen LogP contribution in [0.25, 0.3) is 16.6 Å². The fourth-order valence-corrected chi connectivity index (χ4v) is 2.33. The van der Waals surface area contributed by atoms with Crippen LogP contribution in [-0.2, 0) is 10.9 Å². The lowest BCUT2D eigenvalue weighted by molar-refractivity contribution is -0.137. The summed E-state index contributed by atoms with van der Waals surface area (Å²) in [6.45, 7) is 0. The second kappa shape index (κ2) is 5.63. The van der Waals surface area contributed by atoms with Crippen molar-refractivity contribution in [2.75, 3.05) is 7.11 Å². The Labute approximate surface area is 133 Å².